The zero-order chi connectivity index (χ0) is 15.1. The van der Waals surface area contributed by atoms with Crippen LogP contribution in [0.2, 0.25) is 0 Å². The molecule has 2 saturated carbocycles. The number of amides is 2. The topological polar surface area (TPSA) is 61.4 Å². The Morgan fingerprint density at radius 2 is 1.90 bits per heavy atom. The van der Waals surface area contributed by atoms with Gasteiger partial charge >= 0.3 is 6.03 Å². The molecular formula is C16H30N2O2S. The van der Waals surface area contributed by atoms with Crippen molar-refractivity contribution in [3.8, 4) is 0 Å². The van der Waals surface area contributed by atoms with Crippen molar-refractivity contribution in [1.82, 2.24) is 10.6 Å². The highest BCUT2D eigenvalue weighted by atomic mass is 32.2. The van der Waals surface area contributed by atoms with Crippen LogP contribution in [0.4, 0.5) is 4.79 Å². The first-order valence-corrected chi connectivity index (χ1v) is 9.72. The van der Waals surface area contributed by atoms with E-state index in [1.165, 1.54) is 25.7 Å². The summed E-state index contributed by atoms with van der Waals surface area (Å²) >= 11 is 1.91. The van der Waals surface area contributed by atoms with E-state index in [-0.39, 0.29) is 24.6 Å². The lowest BCUT2D eigenvalue weighted by Crippen LogP contribution is -2.50. The van der Waals surface area contributed by atoms with Crippen LogP contribution in [0.25, 0.3) is 0 Å². The minimum absolute atomic E-state index is 0.0351. The summed E-state index contributed by atoms with van der Waals surface area (Å²) in [5, 5.41) is 16.5. The summed E-state index contributed by atoms with van der Waals surface area (Å²) < 4.78 is 0. The third-order valence-electron chi connectivity index (χ3n) is 5.00. The van der Waals surface area contributed by atoms with E-state index in [0.29, 0.717) is 11.3 Å². The number of aliphatic hydroxyl groups is 1. The molecule has 0 radical (unpaired) electrons. The molecule has 0 saturated heterocycles. The lowest BCUT2D eigenvalue weighted by Gasteiger charge is -2.30. The molecule has 2 aliphatic rings. The van der Waals surface area contributed by atoms with Gasteiger partial charge in [-0.15, -0.1) is 0 Å². The largest absolute Gasteiger partial charge is 0.396 e. The van der Waals surface area contributed by atoms with E-state index in [1.807, 2.05) is 11.8 Å². The van der Waals surface area contributed by atoms with Crippen LogP contribution in [0, 0.1) is 5.92 Å². The molecule has 4 atom stereocenters. The zero-order valence-electron chi connectivity index (χ0n) is 13.1. The highest BCUT2D eigenvalue weighted by molar-refractivity contribution is 7.99. The maximum absolute atomic E-state index is 12.2. The number of aliphatic hydroxyl groups excluding tert-OH is 1. The maximum atomic E-state index is 12.2. The van der Waals surface area contributed by atoms with Crippen molar-refractivity contribution >= 4 is 17.8 Å². The molecule has 4 nitrogen and oxygen atoms in total. The van der Waals surface area contributed by atoms with Crippen LogP contribution >= 0.6 is 11.8 Å². The van der Waals surface area contributed by atoms with Gasteiger partial charge in [0, 0.05) is 29.9 Å². The fourth-order valence-corrected chi connectivity index (χ4v) is 4.51. The van der Waals surface area contributed by atoms with Crippen molar-refractivity contribution in [2.75, 3.05) is 12.9 Å². The predicted molar refractivity (Wildman–Crippen MR) is 88.7 cm³/mol. The van der Waals surface area contributed by atoms with E-state index in [2.05, 4.69) is 16.9 Å². The number of thioether (sulfide) groups is 1. The first-order valence-electron chi connectivity index (χ1n) is 8.43. The van der Waals surface area contributed by atoms with Gasteiger partial charge in [0.25, 0.3) is 0 Å². The van der Waals surface area contributed by atoms with E-state index in [1.54, 1.807) is 0 Å². The fraction of sp³-hybridized carbons (Fsp3) is 0.938. The lowest BCUT2D eigenvalue weighted by atomic mass is 9.94. The number of carbonyl (C=O) groups is 1. The molecule has 2 amide bonds. The van der Waals surface area contributed by atoms with Crippen LogP contribution in [-0.2, 0) is 0 Å². The molecule has 2 aliphatic carbocycles. The molecule has 21 heavy (non-hydrogen) atoms. The number of carbonyl (C=O) groups excluding carboxylic acids is 1. The van der Waals surface area contributed by atoms with Crippen molar-refractivity contribution in [3.05, 3.63) is 0 Å². The highest BCUT2D eigenvalue weighted by Gasteiger charge is 2.27. The number of rotatable bonds is 4. The van der Waals surface area contributed by atoms with Gasteiger partial charge in [-0.05, 0) is 38.4 Å². The molecule has 0 aromatic heterocycles. The summed E-state index contributed by atoms with van der Waals surface area (Å²) in [7, 11) is 0. The van der Waals surface area contributed by atoms with Gasteiger partial charge in [-0.1, -0.05) is 25.7 Å². The minimum atomic E-state index is -0.0351. The normalized spacial score (nSPS) is 34.0. The van der Waals surface area contributed by atoms with E-state index in [0.717, 1.165) is 32.1 Å². The van der Waals surface area contributed by atoms with Crippen molar-refractivity contribution in [2.45, 2.75) is 75.1 Å². The second-order valence-corrected chi connectivity index (χ2v) is 7.66. The SMILES string of the molecule is CSC1CCCC(NC(=O)NC2CCCCCC2CO)C1. The van der Waals surface area contributed by atoms with Crippen LogP contribution in [0.3, 0.4) is 0 Å². The van der Waals surface area contributed by atoms with Gasteiger partial charge in [-0.25, -0.2) is 4.79 Å². The molecule has 3 N–H and O–H groups in total. The molecule has 2 fully saturated rings. The smallest absolute Gasteiger partial charge is 0.315 e. The molecule has 0 bridgehead atoms. The van der Waals surface area contributed by atoms with E-state index < -0.39 is 0 Å². The van der Waals surface area contributed by atoms with Crippen molar-refractivity contribution in [1.29, 1.82) is 0 Å². The van der Waals surface area contributed by atoms with E-state index in [4.69, 9.17) is 0 Å². The van der Waals surface area contributed by atoms with Gasteiger partial charge in [0.1, 0.15) is 0 Å². The Hall–Kier alpha value is -0.420. The number of hydrogen-bond donors (Lipinski definition) is 3. The Kier molecular flexibility index (Phi) is 7.17. The molecule has 2 rings (SSSR count). The van der Waals surface area contributed by atoms with Crippen LogP contribution in [0.5, 0.6) is 0 Å². The van der Waals surface area contributed by atoms with Gasteiger partial charge in [0.05, 0.1) is 0 Å². The second-order valence-electron chi connectivity index (χ2n) is 6.53. The minimum Gasteiger partial charge on any atom is -0.396 e. The summed E-state index contributed by atoms with van der Waals surface area (Å²) in [6, 6.07) is 0.416. The average molecular weight is 314 g/mol. The molecule has 4 unspecified atom stereocenters. The molecule has 0 aromatic rings. The molecular weight excluding hydrogens is 284 g/mol. The number of urea groups is 1. The Bertz CT molecular complexity index is 327. The second kappa shape index (κ2) is 8.89. The lowest BCUT2D eigenvalue weighted by molar-refractivity contribution is 0.177. The maximum Gasteiger partial charge on any atom is 0.315 e. The van der Waals surface area contributed by atoms with Crippen LogP contribution < -0.4 is 10.6 Å². The number of hydrogen-bond acceptors (Lipinski definition) is 3. The summed E-state index contributed by atoms with van der Waals surface area (Å²) in [4.78, 5) is 12.2. The fourth-order valence-electron chi connectivity index (χ4n) is 3.68. The van der Waals surface area contributed by atoms with Crippen LogP contribution in [0.15, 0.2) is 0 Å². The molecule has 0 heterocycles. The molecule has 0 spiro atoms. The predicted octanol–water partition coefficient (Wildman–Crippen LogP) is 2.90. The van der Waals surface area contributed by atoms with Gasteiger partial charge in [0.2, 0.25) is 0 Å². The van der Waals surface area contributed by atoms with Gasteiger partial charge in [-0.2, -0.15) is 11.8 Å². The Morgan fingerprint density at radius 3 is 2.67 bits per heavy atom. The standard InChI is InChI=1S/C16H30N2O2S/c1-21-14-8-5-7-13(10-14)17-16(20)18-15-9-4-2-3-6-12(15)11-19/h12-15,19H,2-11H2,1H3,(H2,17,18,20). The quantitative estimate of drug-likeness (QED) is 0.699. The van der Waals surface area contributed by atoms with Gasteiger partial charge in [0.15, 0.2) is 0 Å². The average Bonchev–Trinajstić information content (AvgIpc) is 2.72. The zero-order valence-corrected chi connectivity index (χ0v) is 14.0. The molecule has 122 valence electrons. The third kappa shape index (κ3) is 5.37. The third-order valence-corrected chi connectivity index (χ3v) is 6.10. The molecule has 0 aliphatic heterocycles. The van der Waals surface area contributed by atoms with E-state index in [9.17, 15) is 9.90 Å². The summed E-state index contributed by atoms with van der Waals surface area (Å²) in [6.07, 6.45) is 12.4. The molecule has 5 heteroatoms. The van der Waals surface area contributed by atoms with Crippen molar-refractivity contribution in [3.63, 3.8) is 0 Å². The van der Waals surface area contributed by atoms with Gasteiger partial charge < -0.3 is 15.7 Å². The Labute approximate surface area is 132 Å². The summed E-state index contributed by atoms with van der Waals surface area (Å²) in [5.74, 6) is 0.226. The van der Waals surface area contributed by atoms with Crippen molar-refractivity contribution < 1.29 is 9.90 Å². The van der Waals surface area contributed by atoms with Gasteiger partial charge in [-0.3, -0.25) is 0 Å². The summed E-state index contributed by atoms with van der Waals surface area (Å²) in [5.41, 5.74) is 0. The summed E-state index contributed by atoms with van der Waals surface area (Å²) in [6.45, 7) is 0.183. The van der Waals surface area contributed by atoms with Crippen molar-refractivity contribution in [2.24, 2.45) is 5.92 Å². The first kappa shape index (κ1) is 16.9. The highest BCUT2D eigenvalue weighted by Crippen LogP contribution is 2.27. The van der Waals surface area contributed by atoms with Crippen LogP contribution in [-0.4, -0.2) is 41.3 Å². The van der Waals surface area contributed by atoms with E-state index >= 15 is 0 Å². The van der Waals surface area contributed by atoms with Crippen LogP contribution in [0.1, 0.15) is 57.8 Å². The first-order chi connectivity index (χ1) is 10.2. The monoisotopic (exact) mass is 314 g/mol. The molecule has 0 aromatic carbocycles. The Balaban J connectivity index is 1.79. The number of nitrogens with one attached hydrogen (secondary N) is 2. The Morgan fingerprint density at radius 1 is 1.10 bits per heavy atom.